The van der Waals surface area contributed by atoms with Crippen LogP contribution < -0.4 is 14.7 Å². The molecule has 0 N–H and O–H groups in total. The Hall–Kier alpha value is 1.36. The molecule has 7 heavy (non-hydrogen) atoms. The number of hydrogen-bond donors (Lipinski definition) is 0. The van der Waals surface area contributed by atoms with Gasteiger partial charge in [-0.1, -0.05) is 0 Å². The normalized spacial score (nSPS) is 8.43. The fraction of sp³-hybridized carbons (Fsp3) is 0. The third-order valence-corrected chi connectivity index (χ3v) is 0. The van der Waals surface area contributed by atoms with E-state index in [0.29, 0.717) is 0 Å². The van der Waals surface area contributed by atoms with Crippen LogP contribution in [0.3, 0.4) is 0 Å². The van der Waals surface area contributed by atoms with Crippen LogP contribution in [0.15, 0.2) is 0 Å². The average molecular weight is 226 g/mol. The maximum Gasteiger partial charge on any atom is 2.00 e. The molecule has 0 saturated heterocycles. The van der Waals surface area contributed by atoms with Gasteiger partial charge in [0.1, 0.15) is 0 Å². The van der Waals surface area contributed by atoms with E-state index >= 15 is 0 Å². The summed E-state index contributed by atoms with van der Waals surface area (Å²) in [5, 5.41) is 0. The molecule has 0 radical (unpaired) electrons. The first-order chi connectivity index (χ1) is 2.00. The Balaban J connectivity index is -0.0000000800. The van der Waals surface area contributed by atoms with Gasteiger partial charge in [-0.25, -0.2) is 0 Å². The van der Waals surface area contributed by atoms with E-state index in [2.05, 4.69) is 0 Å². The van der Waals surface area contributed by atoms with Gasteiger partial charge in [0, 0.05) is 0 Å². The zero-order valence-corrected chi connectivity index (χ0v) is 10.3. The predicted octanol–water partition coefficient (Wildman–Crippen LogP) is -2.83. The molecular formula is O4PZn2+. The van der Waals surface area contributed by atoms with Crippen molar-refractivity contribution in [1.29, 1.82) is 0 Å². The molecule has 0 saturated carbocycles. The first-order valence-corrected chi connectivity index (χ1v) is 2.19. The van der Waals surface area contributed by atoms with Crippen LogP contribution in [0.5, 0.6) is 0 Å². The fourth-order valence-corrected chi connectivity index (χ4v) is 0. The summed E-state index contributed by atoms with van der Waals surface area (Å²) in [6, 6.07) is 0. The minimum Gasteiger partial charge on any atom is -0.822 e. The molecule has 0 amide bonds. The van der Waals surface area contributed by atoms with Crippen molar-refractivity contribution >= 4 is 7.82 Å². The monoisotopic (exact) mass is 223 g/mol. The van der Waals surface area contributed by atoms with Crippen molar-refractivity contribution in [3.05, 3.63) is 0 Å². The molecule has 0 aliphatic heterocycles. The number of phosphoric acid groups is 1. The minimum atomic E-state index is -5.39. The van der Waals surface area contributed by atoms with Gasteiger partial charge >= 0.3 is 39.0 Å². The van der Waals surface area contributed by atoms with Crippen LogP contribution in [-0.2, 0) is 43.5 Å². The minimum absolute atomic E-state index is 0. The van der Waals surface area contributed by atoms with Gasteiger partial charge in [-0.05, 0) is 0 Å². The molecule has 0 spiro atoms. The summed E-state index contributed by atoms with van der Waals surface area (Å²) in [6.45, 7) is 0. The summed E-state index contributed by atoms with van der Waals surface area (Å²) < 4.78 is 8.55. The third-order valence-electron chi connectivity index (χ3n) is 0. The Morgan fingerprint density at radius 2 is 1.00 bits per heavy atom. The summed E-state index contributed by atoms with van der Waals surface area (Å²) in [4.78, 5) is 25.6. The summed E-state index contributed by atoms with van der Waals surface area (Å²) in [5.74, 6) is 0. The van der Waals surface area contributed by atoms with Gasteiger partial charge in [-0.2, -0.15) is 7.82 Å². The van der Waals surface area contributed by atoms with E-state index in [-0.39, 0.29) is 39.0 Å². The van der Waals surface area contributed by atoms with E-state index in [1.165, 1.54) is 0 Å². The second kappa shape index (κ2) is 5.49. The van der Waals surface area contributed by atoms with Crippen LogP contribution in [0, 0.1) is 0 Å². The van der Waals surface area contributed by atoms with Crippen molar-refractivity contribution in [3.63, 3.8) is 0 Å². The molecule has 32 valence electrons. The smallest absolute Gasteiger partial charge is 0.822 e. The molecule has 0 aliphatic rings. The quantitative estimate of drug-likeness (QED) is 0.329. The fourth-order valence-electron chi connectivity index (χ4n) is 0. The van der Waals surface area contributed by atoms with Gasteiger partial charge in [0.05, 0.1) is 0 Å². The van der Waals surface area contributed by atoms with Crippen LogP contribution in [0.2, 0.25) is 0 Å². The van der Waals surface area contributed by atoms with Gasteiger partial charge in [0.15, 0.2) is 0 Å². The van der Waals surface area contributed by atoms with Gasteiger partial charge < -0.3 is 19.2 Å². The van der Waals surface area contributed by atoms with Crippen molar-refractivity contribution in [2.75, 3.05) is 0 Å². The Morgan fingerprint density at radius 1 is 1.00 bits per heavy atom. The molecule has 0 fully saturated rings. The maximum atomic E-state index is 8.55. The summed E-state index contributed by atoms with van der Waals surface area (Å²) in [5.41, 5.74) is 0. The van der Waals surface area contributed by atoms with E-state index in [4.69, 9.17) is 19.2 Å². The molecular weight excluding hydrogens is 226 g/mol. The molecule has 0 unspecified atom stereocenters. The summed E-state index contributed by atoms with van der Waals surface area (Å²) in [7, 11) is -5.39. The SMILES string of the molecule is O=P([O-])([O-])[O-].[Zn+2].[Zn+2]. The molecule has 0 heterocycles. The largest absolute Gasteiger partial charge is 2.00 e. The van der Waals surface area contributed by atoms with Gasteiger partial charge in [0.2, 0.25) is 0 Å². The zero-order valence-electron chi connectivity index (χ0n) is 3.49. The van der Waals surface area contributed by atoms with Crippen molar-refractivity contribution in [2.45, 2.75) is 0 Å². The first-order valence-electron chi connectivity index (χ1n) is 0.730. The molecule has 0 aromatic heterocycles. The molecule has 0 aliphatic carbocycles. The average Bonchev–Trinajstić information content (AvgIpc) is 0.722. The number of rotatable bonds is 0. The standard InChI is InChI=1S/H3O4P.2Zn/c1-5(2,3)4;;/h(H3,1,2,3,4);;/q;2*+2/p-3. The number of hydrogen-bond acceptors (Lipinski definition) is 4. The summed E-state index contributed by atoms with van der Waals surface area (Å²) >= 11 is 0. The van der Waals surface area contributed by atoms with Crippen LogP contribution in [0.1, 0.15) is 0 Å². The van der Waals surface area contributed by atoms with Crippen molar-refractivity contribution in [1.82, 2.24) is 0 Å². The zero-order chi connectivity index (χ0) is 4.50. The molecule has 0 rings (SSSR count). The molecule has 0 atom stereocenters. The van der Waals surface area contributed by atoms with Crippen molar-refractivity contribution < 1.29 is 58.2 Å². The molecule has 7 heteroatoms. The van der Waals surface area contributed by atoms with Crippen molar-refractivity contribution in [3.8, 4) is 0 Å². The van der Waals surface area contributed by atoms with E-state index < -0.39 is 7.82 Å². The predicted molar refractivity (Wildman–Crippen MR) is 7.61 cm³/mol. The van der Waals surface area contributed by atoms with E-state index in [1.54, 1.807) is 0 Å². The Labute approximate surface area is 66.1 Å². The first kappa shape index (κ1) is 15.8. The molecule has 4 nitrogen and oxygen atoms in total. The second-order valence-corrected chi connectivity index (χ2v) is 1.34. The third kappa shape index (κ3) is 115. The molecule has 0 aromatic rings. The van der Waals surface area contributed by atoms with Crippen LogP contribution in [0.25, 0.3) is 0 Å². The van der Waals surface area contributed by atoms with Crippen LogP contribution in [0.4, 0.5) is 0 Å². The summed E-state index contributed by atoms with van der Waals surface area (Å²) in [6.07, 6.45) is 0. The van der Waals surface area contributed by atoms with Gasteiger partial charge in [0.25, 0.3) is 0 Å². The Morgan fingerprint density at radius 3 is 1.00 bits per heavy atom. The van der Waals surface area contributed by atoms with Crippen LogP contribution in [-0.4, -0.2) is 0 Å². The van der Waals surface area contributed by atoms with E-state index in [1.807, 2.05) is 0 Å². The van der Waals surface area contributed by atoms with E-state index in [9.17, 15) is 0 Å². The van der Waals surface area contributed by atoms with Crippen molar-refractivity contribution in [2.24, 2.45) is 0 Å². The topological polar surface area (TPSA) is 86.2 Å². The van der Waals surface area contributed by atoms with Gasteiger partial charge in [-0.3, -0.25) is 0 Å². The second-order valence-electron chi connectivity index (χ2n) is 0.447. The molecule has 0 bridgehead atoms. The van der Waals surface area contributed by atoms with Gasteiger partial charge in [-0.15, -0.1) is 0 Å². The maximum absolute atomic E-state index is 8.55. The van der Waals surface area contributed by atoms with Crippen LogP contribution >= 0.6 is 7.82 Å². The molecule has 0 aromatic carbocycles. The Bertz CT molecular complexity index is 55.8. The van der Waals surface area contributed by atoms with E-state index in [0.717, 1.165) is 0 Å². The Kier molecular flexibility index (Phi) is 12.4.